The normalized spacial score (nSPS) is 14.8. The van der Waals surface area contributed by atoms with E-state index in [1.54, 1.807) is 13.2 Å². The smallest absolute Gasteiger partial charge is 0.263 e. The van der Waals surface area contributed by atoms with Crippen LogP contribution in [0.3, 0.4) is 0 Å². The van der Waals surface area contributed by atoms with E-state index in [1.165, 1.54) is 22.9 Å². The van der Waals surface area contributed by atoms with Gasteiger partial charge in [-0.2, -0.15) is 0 Å². The molecule has 1 N–H and O–H groups in total. The number of thiocarbonyl (C=S) groups is 1. The molecule has 0 saturated carbocycles. The van der Waals surface area contributed by atoms with Gasteiger partial charge in [-0.05, 0) is 42.2 Å². The molecule has 2 aromatic rings. The lowest BCUT2D eigenvalue weighted by Gasteiger charge is -2.16. The lowest BCUT2D eigenvalue weighted by Crippen LogP contribution is -2.17. The summed E-state index contributed by atoms with van der Waals surface area (Å²) in [6.45, 7) is 7.38. The SMILES string of the molecule is COc1cccc(/C=C2\SC(=S)NC2=O)c1OCCCOc1cc(C)ccc1C(C)C. The number of aryl methyl sites for hydroxylation is 1. The highest BCUT2D eigenvalue weighted by molar-refractivity contribution is 8.26. The number of benzene rings is 2. The Morgan fingerprint density at radius 3 is 2.58 bits per heavy atom. The van der Waals surface area contributed by atoms with Gasteiger partial charge in [0.05, 0.1) is 25.2 Å². The summed E-state index contributed by atoms with van der Waals surface area (Å²) in [5.41, 5.74) is 3.15. The molecule has 2 aromatic carbocycles. The summed E-state index contributed by atoms with van der Waals surface area (Å²) < 4.78 is 18.0. The molecule has 1 fully saturated rings. The third-order valence-corrected chi connectivity index (χ3v) is 5.90. The monoisotopic (exact) mass is 457 g/mol. The number of hydrogen-bond donors (Lipinski definition) is 1. The van der Waals surface area contributed by atoms with E-state index >= 15 is 0 Å². The first-order chi connectivity index (χ1) is 14.9. The number of rotatable bonds is 9. The molecule has 7 heteroatoms. The average molecular weight is 458 g/mol. The van der Waals surface area contributed by atoms with E-state index in [2.05, 4.69) is 44.3 Å². The minimum absolute atomic E-state index is 0.198. The minimum Gasteiger partial charge on any atom is -0.493 e. The molecule has 0 spiro atoms. The van der Waals surface area contributed by atoms with Crippen LogP contribution in [0.15, 0.2) is 41.3 Å². The second-order valence-corrected chi connectivity index (χ2v) is 9.20. The highest BCUT2D eigenvalue weighted by atomic mass is 32.2. The number of para-hydroxylation sites is 1. The van der Waals surface area contributed by atoms with Crippen LogP contribution in [0.5, 0.6) is 17.2 Å². The molecule has 1 aliphatic heterocycles. The van der Waals surface area contributed by atoms with E-state index in [-0.39, 0.29) is 5.91 Å². The molecule has 1 heterocycles. The van der Waals surface area contributed by atoms with Gasteiger partial charge in [-0.3, -0.25) is 4.79 Å². The van der Waals surface area contributed by atoms with Crippen LogP contribution in [0.2, 0.25) is 0 Å². The molecular formula is C24H27NO4S2. The van der Waals surface area contributed by atoms with E-state index in [0.717, 1.165) is 11.3 Å². The Morgan fingerprint density at radius 2 is 1.90 bits per heavy atom. The van der Waals surface area contributed by atoms with Crippen molar-refractivity contribution in [3.8, 4) is 17.2 Å². The van der Waals surface area contributed by atoms with Gasteiger partial charge in [-0.1, -0.05) is 62.1 Å². The summed E-state index contributed by atoms with van der Waals surface area (Å²) in [5.74, 6) is 2.34. The summed E-state index contributed by atoms with van der Waals surface area (Å²) in [4.78, 5) is 12.5. The first-order valence-corrected chi connectivity index (χ1v) is 11.4. The number of carbonyl (C=O) groups excluding carboxylic acids is 1. The fourth-order valence-electron chi connectivity index (χ4n) is 3.18. The molecule has 0 unspecified atom stereocenters. The molecule has 0 aliphatic carbocycles. The molecule has 5 nitrogen and oxygen atoms in total. The molecule has 164 valence electrons. The van der Waals surface area contributed by atoms with Crippen molar-refractivity contribution in [1.82, 2.24) is 5.32 Å². The van der Waals surface area contributed by atoms with Gasteiger partial charge in [-0.15, -0.1) is 0 Å². The maximum absolute atomic E-state index is 12.0. The fraction of sp³-hybridized carbons (Fsp3) is 0.333. The molecule has 31 heavy (non-hydrogen) atoms. The summed E-state index contributed by atoms with van der Waals surface area (Å²) in [5, 5.41) is 2.63. The Hall–Kier alpha value is -2.51. The van der Waals surface area contributed by atoms with Crippen LogP contribution in [0.25, 0.3) is 6.08 Å². The predicted molar refractivity (Wildman–Crippen MR) is 130 cm³/mol. The zero-order valence-corrected chi connectivity index (χ0v) is 19.8. The Kier molecular flexibility index (Phi) is 7.98. The molecule has 0 aromatic heterocycles. The van der Waals surface area contributed by atoms with Crippen LogP contribution in [-0.4, -0.2) is 30.6 Å². The van der Waals surface area contributed by atoms with Crippen LogP contribution in [0.4, 0.5) is 0 Å². The fourth-order valence-corrected chi connectivity index (χ4v) is 4.22. The van der Waals surface area contributed by atoms with E-state index in [1.807, 2.05) is 18.2 Å². The van der Waals surface area contributed by atoms with Crippen molar-refractivity contribution < 1.29 is 19.0 Å². The predicted octanol–water partition coefficient (Wildman–Crippen LogP) is 5.46. The number of amides is 1. The molecule has 1 aliphatic rings. The Bertz CT molecular complexity index is 1000. The topological polar surface area (TPSA) is 56.8 Å². The van der Waals surface area contributed by atoms with Crippen molar-refractivity contribution in [3.05, 3.63) is 58.0 Å². The van der Waals surface area contributed by atoms with Crippen molar-refractivity contribution in [3.63, 3.8) is 0 Å². The van der Waals surface area contributed by atoms with Gasteiger partial charge in [0.15, 0.2) is 11.5 Å². The quantitative estimate of drug-likeness (QED) is 0.306. The van der Waals surface area contributed by atoms with E-state index in [9.17, 15) is 4.79 Å². The highest BCUT2D eigenvalue weighted by Gasteiger charge is 2.23. The number of carbonyl (C=O) groups is 1. The molecule has 1 amide bonds. The number of methoxy groups -OCH3 is 1. The summed E-state index contributed by atoms with van der Waals surface area (Å²) in [6, 6.07) is 11.9. The Morgan fingerprint density at radius 1 is 1.13 bits per heavy atom. The number of thioether (sulfide) groups is 1. The van der Waals surface area contributed by atoms with E-state index < -0.39 is 0 Å². The van der Waals surface area contributed by atoms with Gasteiger partial charge in [0.25, 0.3) is 5.91 Å². The lowest BCUT2D eigenvalue weighted by molar-refractivity contribution is -0.115. The second kappa shape index (κ2) is 10.7. The first-order valence-electron chi connectivity index (χ1n) is 10.2. The first kappa shape index (κ1) is 23.2. The zero-order valence-electron chi connectivity index (χ0n) is 18.2. The summed E-state index contributed by atoms with van der Waals surface area (Å²) >= 11 is 6.30. The maximum Gasteiger partial charge on any atom is 0.263 e. The Balaban J connectivity index is 1.65. The van der Waals surface area contributed by atoms with Gasteiger partial charge in [0.2, 0.25) is 0 Å². The van der Waals surface area contributed by atoms with Crippen LogP contribution in [0.1, 0.15) is 42.9 Å². The van der Waals surface area contributed by atoms with E-state index in [4.69, 9.17) is 26.4 Å². The van der Waals surface area contributed by atoms with Crippen molar-refractivity contribution in [1.29, 1.82) is 0 Å². The van der Waals surface area contributed by atoms with Crippen LogP contribution in [-0.2, 0) is 4.79 Å². The molecule has 0 radical (unpaired) electrons. The molecule has 3 rings (SSSR count). The number of hydrogen-bond acceptors (Lipinski definition) is 6. The molecule has 1 saturated heterocycles. The zero-order chi connectivity index (χ0) is 22.4. The summed E-state index contributed by atoms with van der Waals surface area (Å²) in [7, 11) is 1.60. The van der Waals surface area contributed by atoms with Gasteiger partial charge in [-0.25, -0.2) is 0 Å². The highest BCUT2D eigenvalue weighted by Crippen LogP contribution is 2.35. The van der Waals surface area contributed by atoms with Crippen molar-refractivity contribution >= 4 is 40.3 Å². The Labute approximate surface area is 193 Å². The third kappa shape index (κ3) is 6.02. The number of ether oxygens (including phenoxy) is 3. The molecular weight excluding hydrogens is 430 g/mol. The molecule has 0 bridgehead atoms. The summed E-state index contributed by atoms with van der Waals surface area (Å²) in [6.07, 6.45) is 2.48. The van der Waals surface area contributed by atoms with Gasteiger partial charge in [0, 0.05) is 12.0 Å². The maximum atomic E-state index is 12.0. The van der Waals surface area contributed by atoms with Crippen molar-refractivity contribution in [2.45, 2.75) is 33.1 Å². The number of nitrogens with one attached hydrogen (secondary N) is 1. The largest absolute Gasteiger partial charge is 0.493 e. The van der Waals surface area contributed by atoms with E-state index in [0.29, 0.717) is 46.3 Å². The van der Waals surface area contributed by atoms with Gasteiger partial charge in [0.1, 0.15) is 10.1 Å². The molecule has 0 atom stereocenters. The van der Waals surface area contributed by atoms with Gasteiger partial charge < -0.3 is 19.5 Å². The lowest BCUT2D eigenvalue weighted by atomic mass is 10.0. The van der Waals surface area contributed by atoms with Crippen molar-refractivity contribution in [2.75, 3.05) is 20.3 Å². The van der Waals surface area contributed by atoms with Crippen molar-refractivity contribution in [2.24, 2.45) is 0 Å². The standard InChI is InChI=1S/C24H27NO4S2/c1-15(2)18-10-9-16(3)13-20(18)28-11-6-12-29-22-17(7-5-8-19(22)27-4)14-21-23(26)25-24(30)31-21/h5,7-10,13-15H,6,11-12H2,1-4H3,(H,25,26,30)/b21-14-. The third-order valence-electron chi connectivity index (χ3n) is 4.74. The van der Waals surface area contributed by atoms with Crippen LogP contribution < -0.4 is 19.5 Å². The average Bonchev–Trinajstić information content (AvgIpc) is 3.05. The second-order valence-electron chi connectivity index (χ2n) is 7.48. The van der Waals surface area contributed by atoms with Crippen LogP contribution >= 0.6 is 24.0 Å². The van der Waals surface area contributed by atoms with Gasteiger partial charge >= 0.3 is 0 Å². The minimum atomic E-state index is -0.198. The van der Waals surface area contributed by atoms with Crippen LogP contribution in [0, 0.1) is 6.92 Å².